The van der Waals surface area contributed by atoms with Gasteiger partial charge in [-0.15, -0.1) is 0 Å². The van der Waals surface area contributed by atoms with Gasteiger partial charge in [0.2, 0.25) is 5.91 Å². The fourth-order valence-corrected chi connectivity index (χ4v) is 2.71. The molecule has 0 bridgehead atoms. The van der Waals surface area contributed by atoms with Gasteiger partial charge in [0.1, 0.15) is 5.82 Å². The number of hydrogen-bond donors (Lipinski definition) is 1. The molecule has 0 aliphatic carbocycles. The molecule has 1 heterocycles. The van der Waals surface area contributed by atoms with Gasteiger partial charge in [0, 0.05) is 20.0 Å². The maximum absolute atomic E-state index is 13.5. The smallest absolute Gasteiger partial charge is 0.408 e. The van der Waals surface area contributed by atoms with Gasteiger partial charge in [0.05, 0.1) is 5.52 Å². The topological polar surface area (TPSA) is 64.2 Å². The van der Waals surface area contributed by atoms with E-state index in [9.17, 15) is 14.0 Å². The third-order valence-electron chi connectivity index (χ3n) is 4.17. The highest BCUT2D eigenvalue weighted by atomic mass is 19.1. The van der Waals surface area contributed by atoms with Crippen LogP contribution in [-0.4, -0.2) is 17.0 Å². The van der Waals surface area contributed by atoms with Gasteiger partial charge >= 0.3 is 5.76 Å². The summed E-state index contributed by atoms with van der Waals surface area (Å²) >= 11 is 0. The zero-order valence-corrected chi connectivity index (χ0v) is 13.9. The maximum Gasteiger partial charge on any atom is 0.419 e. The summed E-state index contributed by atoms with van der Waals surface area (Å²) in [6, 6.07) is 12.0. The number of halogens is 1. The lowest BCUT2D eigenvalue weighted by atomic mass is 10.1. The SMILES string of the molecule is Cn1c(=O)oc2ccc(CCC(=O)NCCc3ccccc3F)cc21. The Balaban J connectivity index is 1.51. The molecule has 0 unspecified atom stereocenters. The van der Waals surface area contributed by atoms with E-state index >= 15 is 0 Å². The monoisotopic (exact) mass is 342 g/mol. The Morgan fingerprint density at radius 2 is 2.00 bits per heavy atom. The molecule has 2 aromatic carbocycles. The minimum Gasteiger partial charge on any atom is -0.408 e. The van der Waals surface area contributed by atoms with Crippen LogP contribution in [0.3, 0.4) is 0 Å². The summed E-state index contributed by atoms with van der Waals surface area (Å²) in [4.78, 5) is 23.4. The molecule has 5 nitrogen and oxygen atoms in total. The Kier molecular flexibility index (Phi) is 4.97. The van der Waals surface area contributed by atoms with Crippen molar-refractivity contribution >= 4 is 17.0 Å². The maximum atomic E-state index is 13.5. The first kappa shape index (κ1) is 17.0. The molecule has 0 atom stereocenters. The van der Waals surface area contributed by atoms with E-state index in [0.717, 1.165) is 5.56 Å². The Morgan fingerprint density at radius 1 is 1.20 bits per heavy atom. The molecular weight excluding hydrogens is 323 g/mol. The van der Waals surface area contributed by atoms with Crippen LogP contribution in [0.15, 0.2) is 51.7 Å². The molecule has 1 aromatic heterocycles. The van der Waals surface area contributed by atoms with Gasteiger partial charge < -0.3 is 9.73 Å². The molecule has 0 aliphatic rings. The molecule has 0 spiro atoms. The number of carbonyl (C=O) groups excluding carboxylic acids is 1. The number of rotatable bonds is 6. The average molecular weight is 342 g/mol. The zero-order chi connectivity index (χ0) is 17.8. The van der Waals surface area contributed by atoms with Gasteiger partial charge in [-0.3, -0.25) is 9.36 Å². The molecule has 0 saturated carbocycles. The highest BCUT2D eigenvalue weighted by Gasteiger charge is 2.08. The predicted molar refractivity (Wildman–Crippen MR) is 92.9 cm³/mol. The number of hydrogen-bond acceptors (Lipinski definition) is 3. The van der Waals surface area contributed by atoms with E-state index in [1.54, 1.807) is 31.3 Å². The first-order valence-corrected chi connectivity index (χ1v) is 8.13. The number of aryl methyl sites for hydroxylation is 2. The quantitative estimate of drug-likeness (QED) is 0.749. The van der Waals surface area contributed by atoms with Crippen LogP contribution in [0.1, 0.15) is 17.5 Å². The lowest BCUT2D eigenvalue weighted by Gasteiger charge is -2.06. The second-order valence-electron chi connectivity index (χ2n) is 5.92. The highest BCUT2D eigenvalue weighted by molar-refractivity contribution is 5.77. The number of oxazole rings is 1. The van der Waals surface area contributed by atoms with Gasteiger partial charge in [0.15, 0.2) is 5.58 Å². The molecule has 1 amide bonds. The standard InChI is InChI=1S/C19H19FN2O3/c1-22-16-12-13(6-8-17(16)25-19(22)24)7-9-18(23)21-11-10-14-4-2-3-5-15(14)20/h2-6,8,12H,7,9-11H2,1H3,(H,21,23). The van der Waals surface area contributed by atoms with Crippen LogP contribution in [-0.2, 0) is 24.7 Å². The molecule has 6 heteroatoms. The molecule has 25 heavy (non-hydrogen) atoms. The summed E-state index contributed by atoms with van der Waals surface area (Å²) in [6.07, 6.45) is 1.34. The summed E-state index contributed by atoms with van der Waals surface area (Å²) in [5.74, 6) is -0.744. The van der Waals surface area contributed by atoms with E-state index in [1.165, 1.54) is 10.6 Å². The largest absolute Gasteiger partial charge is 0.419 e. The number of fused-ring (bicyclic) bond motifs is 1. The number of carbonyl (C=O) groups is 1. The predicted octanol–water partition coefficient (Wildman–Crippen LogP) is 2.56. The fourth-order valence-electron chi connectivity index (χ4n) is 2.71. The molecular formula is C19H19FN2O3. The van der Waals surface area contributed by atoms with E-state index < -0.39 is 5.76 Å². The second kappa shape index (κ2) is 7.34. The molecule has 3 rings (SSSR count). The van der Waals surface area contributed by atoms with E-state index in [2.05, 4.69) is 5.32 Å². The van der Waals surface area contributed by atoms with Crippen molar-refractivity contribution in [1.82, 2.24) is 9.88 Å². The van der Waals surface area contributed by atoms with Crippen LogP contribution < -0.4 is 11.1 Å². The first-order valence-electron chi connectivity index (χ1n) is 8.13. The molecule has 0 fully saturated rings. The Hall–Kier alpha value is -2.89. The van der Waals surface area contributed by atoms with Crippen molar-refractivity contribution in [1.29, 1.82) is 0 Å². The van der Waals surface area contributed by atoms with Crippen molar-refractivity contribution < 1.29 is 13.6 Å². The number of benzene rings is 2. The minimum atomic E-state index is -0.405. The van der Waals surface area contributed by atoms with Crippen LogP contribution >= 0.6 is 0 Å². The van der Waals surface area contributed by atoms with Crippen molar-refractivity contribution in [2.24, 2.45) is 7.05 Å². The van der Waals surface area contributed by atoms with Gasteiger partial charge in [-0.05, 0) is 42.2 Å². The van der Waals surface area contributed by atoms with Crippen molar-refractivity contribution in [2.75, 3.05) is 6.54 Å². The second-order valence-corrected chi connectivity index (χ2v) is 5.92. The van der Waals surface area contributed by atoms with Crippen molar-refractivity contribution in [3.63, 3.8) is 0 Å². The molecule has 1 N–H and O–H groups in total. The van der Waals surface area contributed by atoms with Crippen LogP contribution in [0.2, 0.25) is 0 Å². The number of amides is 1. The van der Waals surface area contributed by atoms with Gasteiger partial charge in [-0.1, -0.05) is 24.3 Å². The minimum absolute atomic E-state index is 0.0856. The van der Waals surface area contributed by atoms with Crippen molar-refractivity contribution in [2.45, 2.75) is 19.3 Å². The van der Waals surface area contributed by atoms with Gasteiger partial charge in [-0.25, -0.2) is 9.18 Å². The van der Waals surface area contributed by atoms with E-state index in [0.29, 0.717) is 42.5 Å². The van der Waals surface area contributed by atoms with Crippen molar-refractivity contribution in [3.05, 3.63) is 70.0 Å². The first-order chi connectivity index (χ1) is 12.0. The van der Waals surface area contributed by atoms with E-state index in [4.69, 9.17) is 4.42 Å². The van der Waals surface area contributed by atoms with Crippen LogP contribution in [0, 0.1) is 5.82 Å². The summed E-state index contributed by atoms with van der Waals surface area (Å²) in [5.41, 5.74) is 2.79. The molecule has 3 aromatic rings. The summed E-state index contributed by atoms with van der Waals surface area (Å²) in [5, 5.41) is 2.80. The zero-order valence-electron chi connectivity index (χ0n) is 13.9. The van der Waals surface area contributed by atoms with Crippen LogP contribution in [0.25, 0.3) is 11.1 Å². The van der Waals surface area contributed by atoms with E-state index in [1.807, 2.05) is 12.1 Å². The summed E-state index contributed by atoms with van der Waals surface area (Å²) < 4.78 is 20.0. The number of aromatic nitrogens is 1. The number of nitrogens with one attached hydrogen (secondary N) is 1. The third-order valence-corrected chi connectivity index (χ3v) is 4.17. The van der Waals surface area contributed by atoms with E-state index in [-0.39, 0.29) is 11.7 Å². The Morgan fingerprint density at radius 3 is 2.80 bits per heavy atom. The third kappa shape index (κ3) is 3.96. The summed E-state index contributed by atoms with van der Waals surface area (Å²) in [6.45, 7) is 0.398. The lowest BCUT2D eigenvalue weighted by molar-refractivity contribution is -0.121. The van der Waals surface area contributed by atoms with Crippen LogP contribution in [0.4, 0.5) is 4.39 Å². The molecule has 130 valence electrons. The lowest BCUT2D eigenvalue weighted by Crippen LogP contribution is -2.26. The Labute approximate surface area is 144 Å². The fraction of sp³-hybridized carbons (Fsp3) is 0.263. The highest BCUT2D eigenvalue weighted by Crippen LogP contribution is 2.15. The average Bonchev–Trinajstić information content (AvgIpc) is 2.89. The summed E-state index contributed by atoms with van der Waals surface area (Å²) in [7, 11) is 1.65. The van der Waals surface area contributed by atoms with Gasteiger partial charge in [-0.2, -0.15) is 0 Å². The number of nitrogens with zero attached hydrogens (tertiary/aromatic N) is 1. The normalized spacial score (nSPS) is 11.0. The van der Waals surface area contributed by atoms with Gasteiger partial charge in [0.25, 0.3) is 0 Å². The van der Waals surface area contributed by atoms with Crippen LogP contribution in [0.5, 0.6) is 0 Å². The molecule has 0 saturated heterocycles. The molecule has 0 aliphatic heterocycles. The van der Waals surface area contributed by atoms with Crippen molar-refractivity contribution in [3.8, 4) is 0 Å². The Bertz CT molecular complexity index is 959. The molecule has 0 radical (unpaired) electrons.